The van der Waals surface area contributed by atoms with Crippen LogP contribution in [0.25, 0.3) is 0 Å². The van der Waals surface area contributed by atoms with Gasteiger partial charge in [-0.25, -0.2) is 0 Å². The third-order valence-electron chi connectivity index (χ3n) is 2.47. The second-order valence-corrected chi connectivity index (χ2v) is 4.00. The predicted octanol–water partition coefficient (Wildman–Crippen LogP) is 4.95. The summed E-state index contributed by atoms with van der Waals surface area (Å²) in [6.45, 7) is 12.7. The normalized spacial score (nSPS) is 9.60. The first-order valence-corrected chi connectivity index (χ1v) is 5.83. The Hall–Kier alpha value is -1.04. The molecule has 0 heteroatoms. The van der Waals surface area contributed by atoms with Gasteiger partial charge in [0.15, 0.2) is 0 Å². The van der Waals surface area contributed by atoms with E-state index in [1.54, 1.807) is 0 Å². The summed E-state index contributed by atoms with van der Waals surface area (Å²) in [5, 5.41) is 0. The second-order valence-electron chi connectivity index (χ2n) is 4.00. The molecular weight excluding hydrogens is 180 g/mol. The molecule has 1 aromatic carbocycles. The van der Waals surface area contributed by atoms with E-state index in [1.807, 2.05) is 0 Å². The van der Waals surface area contributed by atoms with E-state index < -0.39 is 0 Å². The topological polar surface area (TPSA) is 0 Å². The van der Waals surface area contributed by atoms with Crippen LogP contribution < -0.4 is 0 Å². The average Bonchev–Trinajstić information content (AvgIpc) is 2.29. The Morgan fingerprint density at radius 3 is 2.00 bits per heavy atom. The Bertz CT molecular complexity index is 243. The fourth-order valence-corrected chi connectivity index (χ4v) is 1.45. The average molecular weight is 204 g/mol. The van der Waals surface area contributed by atoms with Gasteiger partial charge in [-0.05, 0) is 29.9 Å². The van der Waals surface area contributed by atoms with Crippen LogP contribution in [0.3, 0.4) is 0 Å². The van der Waals surface area contributed by atoms with Crippen LogP contribution >= 0.6 is 0 Å². The van der Waals surface area contributed by atoms with Crippen LogP contribution in [0.2, 0.25) is 0 Å². The standard InChI is InChI=1S/C13H20.C2H4/c1-4-5-6-12-7-9-13(10-8-12)11(2)3;1-2/h7-11H,4-6H2,1-3H3;1-2H2. The van der Waals surface area contributed by atoms with Gasteiger partial charge < -0.3 is 0 Å². The fraction of sp³-hybridized carbons (Fsp3) is 0.467. The van der Waals surface area contributed by atoms with Crippen molar-refractivity contribution in [2.75, 3.05) is 0 Å². The lowest BCUT2D eigenvalue weighted by molar-refractivity contribution is 0.793. The van der Waals surface area contributed by atoms with Crippen molar-refractivity contribution in [2.24, 2.45) is 0 Å². The van der Waals surface area contributed by atoms with Gasteiger partial charge in [0.05, 0.1) is 0 Å². The highest BCUT2D eigenvalue weighted by Gasteiger charge is 1.98. The number of unbranched alkanes of at least 4 members (excludes halogenated alkanes) is 1. The summed E-state index contributed by atoms with van der Waals surface area (Å²) < 4.78 is 0. The van der Waals surface area contributed by atoms with Crippen molar-refractivity contribution in [3.8, 4) is 0 Å². The summed E-state index contributed by atoms with van der Waals surface area (Å²) in [5.74, 6) is 0.653. The molecule has 0 aromatic heterocycles. The molecule has 0 nitrogen and oxygen atoms in total. The molecule has 84 valence electrons. The van der Waals surface area contributed by atoms with Gasteiger partial charge in [0, 0.05) is 0 Å². The first kappa shape index (κ1) is 14.0. The van der Waals surface area contributed by atoms with Crippen molar-refractivity contribution in [1.82, 2.24) is 0 Å². The Labute approximate surface area is 95.0 Å². The van der Waals surface area contributed by atoms with Gasteiger partial charge in [0.1, 0.15) is 0 Å². The summed E-state index contributed by atoms with van der Waals surface area (Å²) in [5.41, 5.74) is 2.92. The largest absolute Gasteiger partial charge is 0.106 e. The SMILES string of the molecule is C=C.CCCCc1ccc(C(C)C)cc1. The smallest absolute Gasteiger partial charge is 0.0219 e. The molecule has 0 spiro atoms. The molecule has 0 aliphatic carbocycles. The zero-order valence-electron chi connectivity index (χ0n) is 10.4. The van der Waals surface area contributed by atoms with Crippen LogP contribution in [0.15, 0.2) is 37.4 Å². The molecule has 0 fully saturated rings. The molecule has 0 bridgehead atoms. The van der Waals surface area contributed by atoms with E-state index in [1.165, 1.54) is 30.4 Å². The maximum absolute atomic E-state index is 3.00. The van der Waals surface area contributed by atoms with Crippen LogP contribution in [0.4, 0.5) is 0 Å². The first-order valence-electron chi connectivity index (χ1n) is 5.83. The van der Waals surface area contributed by atoms with E-state index in [-0.39, 0.29) is 0 Å². The van der Waals surface area contributed by atoms with Crippen LogP contribution in [-0.2, 0) is 6.42 Å². The summed E-state index contributed by atoms with van der Waals surface area (Å²) in [6, 6.07) is 9.06. The molecular formula is C15H24. The Morgan fingerprint density at radius 2 is 1.60 bits per heavy atom. The van der Waals surface area contributed by atoms with Gasteiger partial charge in [-0.2, -0.15) is 0 Å². The van der Waals surface area contributed by atoms with Crippen molar-refractivity contribution < 1.29 is 0 Å². The molecule has 0 atom stereocenters. The molecule has 0 saturated carbocycles. The van der Waals surface area contributed by atoms with Crippen LogP contribution in [0, 0.1) is 0 Å². The molecule has 0 amide bonds. The monoisotopic (exact) mass is 204 g/mol. The highest BCUT2D eigenvalue weighted by Crippen LogP contribution is 2.15. The second kappa shape index (κ2) is 8.28. The van der Waals surface area contributed by atoms with Crippen LogP contribution in [0.5, 0.6) is 0 Å². The molecule has 0 N–H and O–H groups in total. The van der Waals surface area contributed by atoms with Crippen molar-refractivity contribution in [2.45, 2.75) is 46.0 Å². The summed E-state index contributed by atoms with van der Waals surface area (Å²) in [4.78, 5) is 0. The molecule has 0 radical (unpaired) electrons. The van der Waals surface area contributed by atoms with Gasteiger partial charge in [-0.15, -0.1) is 13.2 Å². The molecule has 1 rings (SSSR count). The maximum atomic E-state index is 3.00. The molecule has 15 heavy (non-hydrogen) atoms. The van der Waals surface area contributed by atoms with E-state index in [0.29, 0.717) is 5.92 Å². The van der Waals surface area contributed by atoms with E-state index in [4.69, 9.17) is 0 Å². The zero-order valence-corrected chi connectivity index (χ0v) is 10.4. The highest BCUT2D eigenvalue weighted by molar-refractivity contribution is 5.24. The fourth-order valence-electron chi connectivity index (χ4n) is 1.45. The predicted molar refractivity (Wildman–Crippen MR) is 70.4 cm³/mol. The minimum Gasteiger partial charge on any atom is -0.106 e. The lowest BCUT2D eigenvalue weighted by Crippen LogP contribution is -1.89. The van der Waals surface area contributed by atoms with Crippen molar-refractivity contribution >= 4 is 0 Å². The quantitative estimate of drug-likeness (QED) is 0.608. The Morgan fingerprint density at radius 1 is 1.07 bits per heavy atom. The first-order chi connectivity index (χ1) is 7.24. The van der Waals surface area contributed by atoms with Gasteiger partial charge in [0.2, 0.25) is 0 Å². The van der Waals surface area contributed by atoms with Gasteiger partial charge in [0.25, 0.3) is 0 Å². The van der Waals surface area contributed by atoms with Crippen molar-refractivity contribution in [3.05, 3.63) is 48.6 Å². The molecule has 0 unspecified atom stereocenters. The Balaban J connectivity index is 0.000000921. The summed E-state index contributed by atoms with van der Waals surface area (Å²) >= 11 is 0. The van der Waals surface area contributed by atoms with E-state index >= 15 is 0 Å². The molecule has 0 heterocycles. The number of hydrogen-bond acceptors (Lipinski definition) is 0. The van der Waals surface area contributed by atoms with E-state index in [2.05, 4.69) is 58.2 Å². The summed E-state index contributed by atoms with van der Waals surface area (Å²) in [7, 11) is 0. The number of aryl methyl sites for hydroxylation is 1. The highest BCUT2D eigenvalue weighted by atomic mass is 14.0. The summed E-state index contributed by atoms with van der Waals surface area (Å²) in [6.07, 6.45) is 3.82. The molecule has 0 saturated heterocycles. The zero-order chi connectivity index (χ0) is 11.7. The van der Waals surface area contributed by atoms with Crippen molar-refractivity contribution in [3.63, 3.8) is 0 Å². The lowest BCUT2D eigenvalue weighted by Gasteiger charge is -2.06. The molecule has 0 aliphatic rings. The van der Waals surface area contributed by atoms with E-state index in [0.717, 1.165) is 0 Å². The van der Waals surface area contributed by atoms with Gasteiger partial charge in [-0.3, -0.25) is 0 Å². The number of rotatable bonds is 4. The third kappa shape index (κ3) is 5.41. The van der Waals surface area contributed by atoms with Crippen molar-refractivity contribution in [1.29, 1.82) is 0 Å². The van der Waals surface area contributed by atoms with Crippen LogP contribution in [-0.4, -0.2) is 0 Å². The van der Waals surface area contributed by atoms with E-state index in [9.17, 15) is 0 Å². The number of hydrogen-bond donors (Lipinski definition) is 0. The van der Waals surface area contributed by atoms with Crippen LogP contribution in [0.1, 0.15) is 50.7 Å². The van der Waals surface area contributed by atoms with Gasteiger partial charge >= 0.3 is 0 Å². The number of benzene rings is 1. The lowest BCUT2D eigenvalue weighted by atomic mass is 10.00. The van der Waals surface area contributed by atoms with Gasteiger partial charge in [-0.1, -0.05) is 51.5 Å². The maximum Gasteiger partial charge on any atom is -0.0219 e. The Kier molecular flexibility index (Phi) is 7.71. The minimum absolute atomic E-state index is 0.653. The molecule has 1 aromatic rings. The molecule has 0 aliphatic heterocycles. The minimum atomic E-state index is 0.653. The third-order valence-corrected chi connectivity index (χ3v) is 2.47.